The predicted octanol–water partition coefficient (Wildman–Crippen LogP) is -7.59. The molecular weight excluding hydrogens is 1850 g/mol. The third-order valence-corrected chi connectivity index (χ3v) is 30.1. The fourth-order valence-electron chi connectivity index (χ4n) is 22.2. The molecule has 790 valence electrons. The van der Waals surface area contributed by atoms with Crippen molar-refractivity contribution in [3.8, 4) is 0 Å². The van der Waals surface area contributed by atoms with E-state index in [0.29, 0.717) is 25.5 Å². The van der Waals surface area contributed by atoms with E-state index in [9.17, 15) is 162 Å². The van der Waals surface area contributed by atoms with Crippen LogP contribution in [0.15, 0.2) is 46.8 Å². The molecule has 5 aliphatic heterocycles. The third-order valence-electron chi connectivity index (χ3n) is 30.1. The first-order valence-corrected chi connectivity index (χ1v) is 46.3. The van der Waals surface area contributed by atoms with Gasteiger partial charge in [-0.25, -0.2) is 4.79 Å². The van der Waals surface area contributed by atoms with Crippen molar-refractivity contribution < 1.29 is 233 Å². The normalized spacial score (nSPS) is 40.9. The lowest BCUT2D eigenvalue weighted by Crippen LogP contribution is -2.70. The van der Waals surface area contributed by atoms with Crippen LogP contribution in [0.25, 0.3) is 0 Å². The van der Waals surface area contributed by atoms with E-state index < -0.39 is 382 Å². The number of imide groups is 1. The number of nitrogens with zero attached hydrogens (tertiary/aromatic N) is 1. The molecule has 138 heavy (non-hydrogen) atoms. The number of aldehydes is 1. The highest BCUT2D eigenvalue weighted by atomic mass is 16.8. The van der Waals surface area contributed by atoms with Gasteiger partial charge in [-0.1, -0.05) is 60.1 Å². The number of hydrogen-bond donors (Lipinski definition) is 28. The average Bonchev–Trinajstić information content (AvgIpc) is 0.702. The lowest BCUT2D eigenvalue weighted by molar-refractivity contribution is -0.385. The fourth-order valence-corrected chi connectivity index (χ4v) is 22.2. The van der Waals surface area contributed by atoms with Gasteiger partial charge in [0.15, 0.2) is 78.9 Å². The average molecular weight is 1990 g/mol. The number of amides is 3. The summed E-state index contributed by atoms with van der Waals surface area (Å²) >= 11 is 0. The molecule has 5 aliphatic carbocycles. The Hall–Kier alpha value is -6.02. The summed E-state index contributed by atoms with van der Waals surface area (Å²) in [6.45, 7) is 16.7. The van der Waals surface area contributed by atoms with Gasteiger partial charge in [-0.15, -0.1) is 0 Å². The van der Waals surface area contributed by atoms with Crippen LogP contribution in [0.5, 0.6) is 0 Å². The van der Waals surface area contributed by atoms with Gasteiger partial charge < -0.3 is 214 Å². The molecule has 46 atom stereocenters. The first kappa shape index (κ1) is 114. The quantitative estimate of drug-likeness (QED) is 0.00514. The number of aliphatic hydroxyl groups is 27. The number of allylic oxidation sites excluding steroid dienone is 2. The lowest BCUT2D eigenvalue weighted by Gasteiger charge is -2.71. The molecule has 8 fully saturated rings. The first-order valence-electron chi connectivity index (χ1n) is 46.3. The second-order valence-corrected chi connectivity index (χ2v) is 39.8. The Bertz CT molecular complexity index is 4240. The van der Waals surface area contributed by atoms with Crippen molar-refractivity contribution in [1.82, 2.24) is 10.2 Å². The van der Waals surface area contributed by atoms with Crippen molar-refractivity contribution in [2.75, 3.05) is 26.3 Å². The number of nitrogens with one attached hydrogen (secondary N) is 1. The largest absolute Gasteiger partial charge is 0.506 e. The van der Waals surface area contributed by atoms with Gasteiger partial charge in [-0.3, -0.25) is 24.1 Å². The van der Waals surface area contributed by atoms with Gasteiger partial charge in [-0.05, 0) is 138 Å². The number of esters is 2. The molecule has 10 aliphatic rings. The van der Waals surface area contributed by atoms with Gasteiger partial charge in [0, 0.05) is 51.1 Å². The van der Waals surface area contributed by atoms with E-state index >= 15 is 4.79 Å². The summed E-state index contributed by atoms with van der Waals surface area (Å²) in [6, 6.07) is 0. The molecular formula is C89H142N2O47. The maximum atomic E-state index is 16.1. The summed E-state index contributed by atoms with van der Waals surface area (Å²) in [5.74, 6) is -13.5. The Balaban J connectivity index is 0.981. The molecule has 40 unspecified atom stereocenters. The molecule has 49 heteroatoms. The fraction of sp³-hybridized carbons (Fsp3) is 0.843. The van der Waals surface area contributed by atoms with E-state index in [2.05, 4.69) is 11.4 Å². The second-order valence-electron chi connectivity index (χ2n) is 39.8. The molecule has 10 rings (SSSR count). The highest BCUT2D eigenvalue weighted by Gasteiger charge is 2.73. The lowest BCUT2D eigenvalue weighted by atomic mass is 9.33. The van der Waals surface area contributed by atoms with Crippen LogP contribution in [0, 0.1) is 50.7 Å². The summed E-state index contributed by atoms with van der Waals surface area (Å²) in [7, 11) is 0. The Morgan fingerprint density at radius 1 is 0.587 bits per heavy atom. The highest BCUT2D eigenvalue weighted by Crippen LogP contribution is 2.76. The van der Waals surface area contributed by atoms with E-state index in [0.717, 1.165) is 57.2 Å². The van der Waals surface area contributed by atoms with Gasteiger partial charge in [0.05, 0.1) is 48.6 Å². The van der Waals surface area contributed by atoms with E-state index in [1.807, 2.05) is 34.6 Å². The standard InChI is InChI=1S/C89H142N2O47/c1-14-43(128-81-64(116)69(67(37(6)126-81)127-38(7)98)134-75(119)58(110)51(103)34(3)96)54(106)71(136-79-61(113)56(108)66(36(5)125-79)132-77(121)63(115)65(35(4)97)131-76(120)59(111)52(104)42(99)22-28-92)78(122)138-83(123)89(124)31-88(13)40(39-29-84(8,9)23-19-41(39)89)15-16-46-85(10)24-21-47(86(11,32-94)45(85)20-25-87(46,88)12)130-82-72(137-80-60(112)55(107)53(105)44(30-93)129-80)68(133-74(118)57(109)50(102)33(2)95)62(114)70(135-82)73(117)90-26-27-91-48(100)17-18-49(91)101/h15,17-18,32-37,39,41-47,50-51,53-58,60-62,64,66-72,74-82,92-93,95-97,99,102-116,118-122,124H,14,16,19-31H2,1-13H3,(H,90,117)/b59-52-,65-63+/t33?,34?,35?,36?,37?,39?,41?,42?,43?,44?,45?,46?,47-,50?,51?,53?,54?,55?,56?,57?,58?,60?,61?,62?,64?,66?,67?,68?,69?,70?,71?,72?,74?,75?,76?,77?,78?,79?,80?,81?,82?,85-,86-,87+,88+,89+/m0/s1. The van der Waals surface area contributed by atoms with Crippen LogP contribution in [-0.4, -0.2) is 438 Å². The van der Waals surface area contributed by atoms with Crippen LogP contribution in [0.3, 0.4) is 0 Å². The van der Waals surface area contributed by atoms with Crippen LogP contribution in [0.4, 0.5) is 0 Å². The molecule has 49 nitrogen and oxygen atoms in total. The predicted molar refractivity (Wildman–Crippen MR) is 457 cm³/mol. The number of carbonyl (C=O) groups is 6. The zero-order valence-electron chi connectivity index (χ0n) is 78.8. The molecule has 0 radical (unpaired) electrons. The molecule has 0 aromatic rings. The van der Waals surface area contributed by atoms with Crippen LogP contribution in [0.1, 0.15) is 161 Å². The first-order chi connectivity index (χ1) is 64.3. The van der Waals surface area contributed by atoms with Crippen LogP contribution in [0.2, 0.25) is 0 Å². The third kappa shape index (κ3) is 23.1. The Kier molecular flexibility index (Phi) is 37.7. The minimum Gasteiger partial charge on any atom is -0.506 e. The van der Waals surface area contributed by atoms with Gasteiger partial charge in [0.2, 0.25) is 18.3 Å². The molecule has 3 amide bonds. The van der Waals surface area contributed by atoms with Crippen molar-refractivity contribution >= 4 is 35.9 Å². The van der Waals surface area contributed by atoms with E-state index in [4.69, 9.17) is 66.3 Å². The van der Waals surface area contributed by atoms with E-state index in [1.54, 1.807) is 6.92 Å². The molecule has 28 N–H and O–H groups in total. The van der Waals surface area contributed by atoms with Crippen molar-refractivity contribution in [3.63, 3.8) is 0 Å². The zero-order chi connectivity index (χ0) is 103. The monoisotopic (exact) mass is 1990 g/mol. The second kappa shape index (κ2) is 45.7. The van der Waals surface area contributed by atoms with Crippen LogP contribution in [-0.2, 0) is 95.1 Å². The summed E-state index contributed by atoms with van der Waals surface area (Å²) in [5.41, 5.74) is -7.19. The Morgan fingerprint density at radius 3 is 1.72 bits per heavy atom. The van der Waals surface area contributed by atoms with Gasteiger partial charge in [0.1, 0.15) is 122 Å². The molecule has 0 bridgehead atoms. The summed E-state index contributed by atoms with van der Waals surface area (Å²) in [6.07, 6.45) is -74.6. The summed E-state index contributed by atoms with van der Waals surface area (Å²) in [5, 5.41) is 304. The number of carbonyl (C=O) groups excluding carboxylic acids is 6. The summed E-state index contributed by atoms with van der Waals surface area (Å²) in [4.78, 5) is 83.8. The Labute approximate surface area is 793 Å². The van der Waals surface area contributed by atoms with Gasteiger partial charge in [-0.2, -0.15) is 0 Å². The number of fused-ring (bicyclic) bond motifs is 7. The molecule has 5 heterocycles. The van der Waals surface area contributed by atoms with Crippen molar-refractivity contribution in [2.45, 2.75) is 394 Å². The van der Waals surface area contributed by atoms with Gasteiger partial charge >= 0.3 is 11.9 Å². The number of hydrogen-bond acceptors (Lipinski definition) is 47. The molecule has 0 aromatic heterocycles. The maximum absolute atomic E-state index is 16.1. The molecule has 0 spiro atoms. The van der Waals surface area contributed by atoms with E-state index in [1.165, 1.54) is 13.8 Å². The maximum Gasteiger partial charge on any atom is 0.340 e. The topological polar surface area (TPSA) is 793 Å². The number of ether oxygens (including phenoxy) is 14. The molecule has 0 aromatic carbocycles. The van der Waals surface area contributed by atoms with Crippen LogP contribution < -0.4 is 5.32 Å². The number of rotatable bonds is 41. The van der Waals surface area contributed by atoms with Crippen molar-refractivity contribution in [3.05, 3.63) is 46.8 Å². The molecule has 4 saturated heterocycles. The van der Waals surface area contributed by atoms with Gasteiger partial charge in [0.25, 0.3) is 24.0 Å². The van der Waals surface area contributed by atoms with E-state index in [-0.39, 0.29) is 32.1 Å². The minimum absolute atomic E-state index is 0.0959. The highest BCUT2D eigenvalue weighted by molar-refractivity contribution is 6.12. The smallest absolute Gasteiger partial charge is 0.340 e. The SMILES string of the molecule is CCC(OC1OC(C)C(OC(C)=O)C(OC(O)C(O)C(O)C(C)O)C1O)C(O)C(OC1OC(C)C(OC(O)/C(O)=C(\OC(O)/C(O)=C(/O)C(O)CCO)C(C)O)C(O)C1O)C(O)OC(=O)[C@@]1(O)C[C@]2(C)C(=CCC3[C@@]4(C)CC[C@H](OC5OC(C(=O)NCCN6C(=O)C=CC6=O)C(O)C(OC(O)C(O)C(O)C(C)O)C5OC5OC(CO)C(O)C(O)C5O)[C@@](C)(C=O)C4CC[C@]32C)C2CC(C)(C)CCC21. The van der Waals surface area contributed by atoms with Crippen molar-refractivity contribution in [2.24, 2.45) is 50.7 Å². The minimum atomic E-state index is -2.86. The van der Waals surface area contributed by atoms with Crippen molar-refractivity contribution in [1.29, 1.82) is 0 Å². The molecule has 4 saturated carbocycles. The zero-order valence-corrected chi connectivity index (χ0v) is 78.8. The summed E-state index contributed by atoms with van der Waals surface area (Å²) < 4.78 is 83.3. The Morgan fingerprint density at radius 2 is 1.17 bits per heavy atom. The number of aliphatic hydroxyl groups excluding tert-OH is 26. The van der Waals surface area contributed by atoms with Crippen LogP contribution >= 0.6 is 0 Å².